The van der Waals surface area contributed by atoms with Crippen molar-refractivity contribution in [1.29, 1.82) is 0 Å². The van der Waals surface area contributed by atoms with Crippen molar-refractivity contribution in [2.75, 3.05) is 26.2 Å². The number of sulfonamides is 1. The fourth-order valence-electron chi connectivity index (χ4n) is 3.02. The normalized spacial score (nSPS) is 20.1. The number of hydrogen-bond acceptors (Lipinski definition) is 4. The molecule has 1 atom stereocenters. The van der Waals surface area contributed by atoms with Gasteiger partial charge in [0.2, 0.25) is 10.0 Å². The third kappa shape index (κ3) is 3.29. The summed E-state index contributed by atoms with van der Waals surface area (Å²) in [5, 5.41) is 0. The van der Waals surface area contributed by atoms with E-state index in [1.165, 1.54) is 0 Å². The molecule has 0 radical (unpaired) electrons. The Morgan fingerprint density at radius 1 is 1.24 bits per heavy atom. The fraction of sp³-hybridized carbons (Fsp3) is 0.400. The Bertz CT molecular complexity index is 835. The molecule has 0 spiro atoms. The summed E-state index contributed by atoms with van der Waals surface area (Å²) in [6.07, 6.45) is 3.17. The summed E-state index contributed by atoms with van der Waals surface area (Å²) < 4.78 is 67.5. The molecule has 25 heavy (non-hydrogen) atoms. The second-order valence-electron chi connectivity index (χ2n) is 5.68. The number of benzene rings is 1. The molecule has 1 N–H and O–H groups in total. The molecule has 0 unspecified atom stereocenters. The van der Waals surface area contributed by atoms with E-state index in [1.54, 1.807) is 12.4 Å². The van der Waals surface area contributed by atoms with Gasteiger partial charge in [-0.05, 0) is 6.54 Å². The van der Waals surface area contributed by atoms with Crippen molar-refractivity contribution in [2.45, 2.75) is 17.9 Å². The number of nitrogens with one attached hydrogen (secondary N) is 1. The first kappa shape index (κ1) is 17.9. The molecule has 1 aromatic carbocycles. The van der Waals surface area contributed by atoms with Gasteiger partial charge in [0.1, 0.15) is 23.3 Å². The average Bonchev–Trinajstić information content (AvgIpc) is 3.07. The number of halogens is 3. The summed E-state index contributed by atoms with van der Waals surface area (Å²) in [6, 6.07) is 0.361. The first-order chi connectivity index (χ1) is 11.8. The van der Waals surface area contributed by atoms with Crippen molar-refractivity contribution in [3.05, 3.63) is 47.8 Å². The van der Waals surface area contributed by atoms with Gasteiger partial charge < -0.3 is 4.98 Å². The molecule has 3 rings (SSSR count). The molecule has 10 heteroatoms. The molecule has 0 amide bonds. The van der Waals surface area contributed by atoms with Crippen molar-refractivity contribution in [3.63, 3.8) is 0 Å². The molecule has 1 aromatic heterocycles. The van der Waals surface area contributed by atoms with Crippen molar-refractivity contribution < 1.29 is 21.6 Å². The maximum atomic E-state index is 14.0. The van der Waals surface area contributed by atoms with Crippen molar-refractivity contribution in [1.82, 2.24) is 19.2 Å². The van der Waals surface area contributed by atoms with Crippen LogP contribution in [0, 0.1) is 17.5 Å². The Balaban J connectivity index is 1.96. The monoisotopic (exact) mass is 374 g/mol. The predicted molar refractivity (Wildman–Crippen MR) is 83.7 cm³/mol. The third-order valence-electron chi connectivity index (χ3n) is 4.26. The van der Waals surface area contributed by atoms with Crippen LogP contribution in [0.15, 0.2) is 29.4 Å². The fourth-order valence-corrected chi connectivity index (χ4v) is 4.54. The molecule has 0 bridgehead atoms. The molecule has 2 heterocycles. The van der Waals surface area contributed by atoms with Gasteiger partial charge in [-0.2, -0.15) is 4.31 Å². The van der Waals surface area contributed by atoms with Crippen LogP contribution in [0.3, 0.4) is 0 Å². The highest BCUT2D eigenvalue weighted by Gasteiger charge is 2.38. The zero-order valence-electron chi connectivity index (χ0n) is 13.4. The lowest BCUT2D eigenvalue weighted by molar-refractivity contribution is 0.119. The number of H-pyrrole nitrogens is 1. The van der Waals surface area contributed by atoms with Gasteiger partial charge in [0, 0.05) is 44.2 Å². The third-order valence-corrected chi connectivity index (χ3v) is 6.17. The topological polar surface area (TPSA) is 69.3 Å². The standard InChI is InChI=1S/C15H17F3N4O2S/c1-2-21-5-6-22(9-13(21)15-19-3-4-20-15)25(23,24)14-11(17)7-10(16)8-12(14)18/h3-4,7-8,13H,2,5-6,9H2,1H3,(H,19,20)/t13-/m0/s1. The maximum absolute atomic E-state index is 14.0. The number of nitrogens with zero attached hydrogens (tertiary/aromatic N) is 3. The van der Waals surface area contributed by atoms with Gasteiger partial charge in [0.25, 0.3) is 0 Å². The Morgan fingerprint density at radius 3 is 2.48 bits per heavy atom. The second-order valence-corrected chi connectivity index (χ2v) is 7.56. The summed E-state index contributed by atoms with van der Waals surface area (Å²) in [6.45, 7) is 3.03. The zero-order chi connectivity index (χ0) is 18.2. The van der Waals surface area contributed by atoms with Crippen LogP contribution in [0.4, 0.5) is 13.2 Å². The molecule has 1 saturated heterocycles. The second kappa shape index (κ2) is 6.77. The molecule has 1 fully saturated rings. The summed E-state index contributed by atoms with van der Waals surface area (Å²) in [7, 11) is -4.45. The van der Waals surface area contributed by atoms with Crippen LogP contribution >= 0.6 is 0 Å². The Hall–Kier alpha value is -1.91. The van der Waals surface area contributed by atoms with Gasteiger partial charge in [-0.3, -0.25) is 4.90 Å². The lowest BCUT2D eigenvalue weighted by atomic mass is 10.2. The van der Waals surface area contributed by atoms with Gasteiger partial charge in [-0.25, -0.2) is 26.6 Å². The molecule has 1 aliphatic heterocycles. The van der Waals surface area contributed by atoms with E-state index < -0.39 is 32.4 Å². The highest BCUT2D eigenvalue weighted by atomic mass is 32.2. The Labute approximate surface area is 143 Å². The van der Waals surface area contributed by atoms with E-state index in [0.717, 1.165) is 4.31 Å². The van der Waals surface area contributed by atoms with E-state index in [9.17, 15) is 21.6 Å². The van der Waals surface area contributed by atoms with Gasteiger partial charge in [-0.1, -0.05) is 6.92 Å². The molecule has 2 aromatic rings. The average molecular weight is 374 g/mol. The number of aromatic amines is 1. The number of imidazole rings is 1. The lowest BCUT2D eigenvalue weighted by Crippen LogP contribution is -2.50. The van der Waals surface area contributed by atoms with Gasteiger partial charge in [0.15, 0.2) is 4.90 Å². The van der Waals surface area contributed by atoms with E-state index in [2.05, 4.69) is 9.97 Å². The summed E-state index contributed by atoms with van der Waals surface area (Å²) >= 11 is 0. The molecule has 0 aliphatic carbocycles. The number of rotatable bonds is 4. The van der Waals surface area contributed by atoms with Crippen molar-refractivity contribution in [3.8, 4) is 0 Å². The van der Waals surface area contributed by atoms with Crippen LogP contribution < -0.4 is 0 Å². The van der Waals surface area contributed by atoms with E-state index in [0.29, 0.717) is 31.0 Å². The summed E-state index contributed by atoms with van der Waals surface area (Å²) in [5.41, 5.74) is 0. The highest BCUT2D eigenvalue weighted by molar-refractivity contribution is 7.89. The quantitative estimate of drug-likeness (QED) is 0.888. The van der Waals surface area contributed by atoms with E-state index in [1.807, 2.05) is 11.8 Å². The van der Waals surface area contributed by atoms with E-state index in [4.69, 9.17) is 0 Å². The minimum absolute atomic E-state index is 0.0139. The minimum Gasteiger partial charge on any atom is -0.347 e. The van der Waals surface area contributed by atoms with Gasteiger partial charge >= 0.3 is 0 Å². The Kier molecular flexibility index (Phi) is 4.85. The number of piperazine rings is 1. The number of likely N-dealkylation sites (N-methyl/N-ethyl adjacent to an activating group) is 1. The van der Waals surface area contributed by atoms with Crippen molar-refractivity contribution in [2.24, 2.45) is 0 Å². The molecule has 136 valence electrons. The molecule has 1 aliphatic rings. The Morgan fingerprint density at radius 2 is 1.92 bits per heavy atom. The van der Waals surface area contributed by atoms with Crippen LogP contribution in [-0.4, -0.2) is 53.8 Å². The van der Waals surface area contributed by atoms with Crippen LogP contribution in [0.5, 0.6) is 0 Å². The van der Waals surface area contributed by atoms with Crippen LogP contribution in [-0.2, 0) is 10.0 Å². The number of aromatic nitrogens is 2. The predicted octanol–water partition coefficient (Wildman–Crippen LogP) is 1.89. The minimum atomic E-state index is -4.45. The van der Waals surface area contributed by atoms with E-state index >= 15 is 0 Å². The van der Waals surface area contributed by atoms with E-state index in [-0.39, 0.29) is 19.1 Å². The van der Waals surface area contributed by atoms with Crippen LogP contribution in [0.1, 0.15) is 18.8 Å². The maximum Gasteiger partial charge on any atom is 0.249 e. The largest absolute Gasteiger partial charge is 0.347 e. The smallest absolute Gasteiger partial charge is 0.249 e. The highest BCUT2D eigenvalue weighted by Crippen LogP contribution is 2.29. The first-order valence-corrected chi connectivity index (χ1v) is 9.16. The molecule has 0 saturated carbocycles. The molecular weight excluding hydrogens is 357 g/mol. The number of hydrogen-bond donors (Lipinski definition) is 1. The SMILES string of the molecule is CCN1CCN(S(=O)(=O)c2c(F)cc(F)cc2F)C[C@H]1c1ncc[nH]1. The van der Waals surface area contributed by atoms with Crippen LogP contribution in [0.25, 0.3) is 0 Å². The van der Waals surface area contributed by atoms with Crippen LogP contribution in [0.2, 0.25) is 0 Å². The molecular formula is C15H17F3N4O2S. The summed E-state index contributed by atoms with van der Waals surface area (Å²) in [5.74, 6) is -3.48. The van der Waals surface area contributed by atoms with Gasteiger partial charge in [-0.15, -0.1) is 0 Å². The summed E-state index contributed by atoms with van der Waals surface area (Å²) in [4.78, 5) is 7.99. The van der Waals surface area contributed by atoms with Gasteiger partial charge in [0.05, 0.1) is 6.04 Å². The lowest BCUT2D eigenvalue weighted by Gasteiger charge is -2.39. The first-order valence-electron chi connectivity index (χ1n) is 7.72. The van der Waals surface area contributed by atoms with Crippen molar-refractivity contribution >= 4 is 10.0 Å². The molecule has 6 nitrogen and oxygen atoms in total. The zero-order valence-corrected chi connectivity index (χ0v) is 14.2.